The monoisotopic (exact) mass is 260 g/mol. The van der Waals surface area contributed by atoms with Gasteiger partial charge in [-0.05, 0) is 38.3 Å². The molecule has 1 aliphatic carbocycles. The van der Waals surface area contributed by atoms with Gasteiger partial charge in [0.05, 0.1) is 0 Å². The SMILES string of the molecule is Cc1ccc(S(=O)(=O)NCC2(N)CCC2)s1. The zero-order valence-electron chi connectivity index (χ0n) is 9.19. The van der Waals surface area contributed by atoms with Gasteiger partial charge in [0, 0.05) is 17.0 Å². The van der Waals surface area contributed by atoms with Crippen LogP contribution in [0.1, 0.15) is 24.1 Å². The molecule has 16 heavy (non-hydrogen) atoms. The molecule has 4 nitrogen and oxygen atoms in total. The first-order valence-electron chi connectivity index (χ1n) is 5.26. The zero-order valence-corrected chi connectivity index (χ0v) is 10.8. The highest BCUT2D eigenvalue weighted by Gasteiger charge is 2.33. The lowest BCUT2D eigenvalue weighted by molar-refractivity contribution is 0.251. The van der Waals surface area contributed by atoms with E-state index < -0.39 is 10.0 Å². The van der Waals surface area contributed by atoms with Crippen molar-refractivity contribution < 1.29 is 8.42 Å². The van der Waals surface area contributed by atoms with Crippen molar-refractivity contribution in [3.8, 4) is 0 Å². The van der Waals surface area contributed by atoms with Crippen molar-refractivity contribution in [2.75, 3.05) is 6.54 Å². The normalized spacial score (nSPS) is 19.4. The van der Waals surface area contributed by atoms with Gasteiger partial charge in [0.1, 0.15) is 4.21 Å². The Kier molecular flexibility index (Phi) is 3.09. The number of nitrogens with two attached hydrogens (primary N) is 1. The lowest BCUT2D eigenvalue weighted by Gasteiger charge is -2.37. The van der Waals surface area contributed by atoms with Crippen LogP contribution in [0.3, 0.4) is 0 Å². The molecule has 6 heteroatoms. The molecule has 90 valence electrons. The summed E-state index contributed by atoms with van der Waals surface area (Å²) in [5.74, 6) is 0. The van der Waals surface area contributed by atoms with Crippen molar-refractivity contribution >= 4 is 21.4 Å². The summed E-state index contributed by atoms with van der Waals surface area (Å²) in [6.07, 6.45) is 2.90. The molecule has 0 aliphatic heterocycles. The first kappa shape index (κ1) is 12.0. The Morgan fingerprint density at radius 3 is 2.62 bits per heavy atom. The van der Waals surface area contributed by atoms with E-state index in [2.05, 4.69) is 4.72 Å². The van der Waals surface area contributed by atoms with Gasteiger partial charge in [0.25, 0.3) is 0 Å². The molecular formula is C10H16N2O2S2. The molecule has 0 spiro atoms. The largest absolute Gasteiger partial charge is 0.324 e. The molecule has 1 saturated carbocycles. The van der Waals surface area contributed by atoms with Crippen LogP contribution in [0.4, 0.5) is 0 Å². The van der Waals surface area contributed by atoms with Crippen molar-refractivity contribution in [1.82, 2.24) is 4.72 Å². The zero-order chi connectivity index (χ0) is 11.8. The summed E-state index contributed by atoms with van der Waals surface area (Å²) in [4.78, 5) is 0.992. The summed E-state index contributed by atoms with van der Waals surface area (Å²) in [7, 11) is -3.36. The van der Waals surface area contributed by atoms with Crippen LogP contribution in [0.5, 0.6) is 0 Å². The third-order valence-electron chi connectivity index (χ3n) is 2.94. The van der Waals surface area contributed by atoms with Crippen LogP contribution in [0, 0.1) is 6.92 Å². The van der Waals surface area contributed by atoms with E-state index in [0.29, 0.717) is 10.8 Å². The van der Waals surface area contributed by atoms with Crippen LogP contribution < -0.4 is 10.5 Å². The fourth-order valence-corrected chi connectivity index (χ4v) is 4.14. The van der Waals surface area contributed by atoms with E-state index in [4.69, 9.17) is 5.73 Å². The lowest BCUT2D eigenvalue weighted by Crippen LogP contribution is -2.54. The van der Waals surface area contributed by atoms with E-state index in [9.17, 15) is 8.42 Å². The molecule has 1 aliphatic rings. The van der Waals surface area contributed by atoms with E-state index in [0.717, 1.165) is 24.1 Å². The van der Waals surface area contributed by atoms with Crippen LogP contribution in [0.15, 0.2) is 16.3 Å². The Bertz CT molecular complexity index is 475. The molecule has 3 N–H and O–H groups in total. The second-order valence-electron chi connectivity index (χ2n) is 4.41. The highest BCUT2D eigenvalue weighted by molar-refractivity contribution is 7.91. The quantitative estimate of drug-likeness (QED) is 0.855. The van der Waals surface area contributed by atoms with Gasteiger partial charge in [-0.1, -0.05) is 0 Å². The second-order valence-corrected chi connectivity index (χ2v) is 7.69. The molecule has 0 atom stereocenters. The molecule has 0 radical (unpaired) electrons. The van der Waals surface area contributed by atoms with E-state index in [-0.39, 0.29) is 5.54 Å². The standard InChI is InChI=1S/C10H16N2O2S2/c1-8-3-4-9(15-8)16(13,14)12-7-10(11)5-2-6-10/h3-4,12H,2,5-7,11H2,1H3. The average molecular weight is 260 g/mol. The highest BCUT2D eigenvalue weighted by atomic mass is 32.2. The van der Waals surface area contributed by atoms with E-state index >= 15 is 0 Å². The van der Waals surface area contributed by atoms with Gasteiger partial charge in [-0.2, -0.15) is 0 Å². The minimum Gasteiger partial charge on any atom is -0.324 e. The Morgan fingerprint density at radius 2 is 2.19 bits per heavy atom. The van der Waals surface area contributed by atoms with Crippen LogP contribution >= 0.6 is 11.3 Å². The molecule has 1 fully saturated rings. The van der Waals surface area contributed by atoms with Crippen LogP contribution in [-0.4, -0.2) is 20.5 Å². The third kappa shape index (κ3) is 2.45. The highest BCUT2D eigenvalue weighted by Crippen LogP contribution is 2.29. The molecule has 0 bridgehead atoms. The van der Waals surface area contributed by atoms with Crippen molar-refractivity contribution in [1.29, 1.82) is 0 Å². The van der Waals surface area contributed by atoms with Gasteiger partial charge in [0.15, 0.2) is 0 Å². The fraction of sp³-hybridized carbons (Fsp3) is 0.600. The van der Waals surface area contributed by atoms with Crippen LogP contribution in [0.25, 0.3) is 0 Å². The molecule has 0 amide bonds. The smallest absolute Gasteiger partial charge is 0.250 e. The lowest BCUT2D eigenvalue weighted by atomic mass is 9.78. The van der Waals surface area contributed by atoms with Crippen LogP contribution in [0.2, 0.25) is 0 Å². The number of aryl methyl sites for hydroxylation is 1. The predicted octanol–water partition coefficient (Wildman–Crippen LogP) is 1.22. The van der Waals surface area contributed by atoms with Gasteiger partial charge in [0.2, 0.25) is 10.0 Å². The average Bonchev–Trinajstić information content (AvgIpc) is 2.60. The van der Waals surface area contributed by atoms with Gasteiger partial charge >= 0.3 is 0 Å². The minimum absolute atomic E-state index is 0.320. The van der Waals surface area contributed by atoms with Gasteiger partial charge in [-0.25, -0.2) is 13.1 Å². The first-order chi connectivity index (χ1) is 7.41. The number of hydrogen-bond donors (Lipinski definition) is 2. The van der Waals surface area contributed by atoms with Crippen molar-refractivity contribution in [3.05, 3.63) is 17.0 Å². The maximum absolute atomic E-state index is 11.9. The second kappa shape index (κ2) is 4.10. The minimum atomic E-state index is -3.36. The third-order valence-corrected chi connectivity index (χ3v) is 5.84. The number of sulfonamides is 1. The number of thiophene rings is 1. The van der Waals surface area contributed by atoms with Gasteiger partial charge in [-0.15, -0.1) is 11.3 Å². The molecular weight excluding hydrogens is 244 g/mol. The van der Waals surface area contributed by atoms with Gasteiger partial charge in [-0.3, -0.25) is 0 Å². The first-order valence-corrected chi connectivity index (χ1v) is 7.56. The molecule has 0 unspecified atom stereocenters. The summed E-state index contributed by atoms with van der Waals surface area (Å²) >= 11 is 1.28. The molecule has 1 heterocycles. The summed E-state index contributed by atoms with van der Waals surface area (Å²) in [5.41, 5.74) is 5.65. The fourth-order valence-electron chi connectivity index (χ4n) is 1.67. The maximum atomic E-state index is 11.9. The summed E-state index contributed by atoms with van der Waals surface area (Å²) in [6, 6.07) is 3.44. The van der Waals surface area contributed by atoms with E-state index in [1.807, 2.05) is 6.92 Å². The van der Waals surface area contributed by atoms with Crippen LogP contribution in [-0.2, 0) is 10.0 Å². The Hall–Kier alpha value is -0.430. The Morgan fingerprint density at radius 1 is 1.50 bits per heavy atom. The Labute approximate surface area is 99.9 Å². The van der Waals surface area contributed by atoms with Crippen molar-refractivity contribution in [2.45, 2.75) is 35.9 Å². The van der Waals surface area contributed by atoms with Gasteiger partial charge < -0.3 is 5.73 Å². The molecule has 0 aromatic carbocycles. The van der Waals surface area contributed by atoms with E-state index in [1.165, 1.54) is 11.3 Å². The molecule has 0 saturated heterocycles. The van der Waals surface area contributed by atoms with E-state index in [1.54, 1.807) is 12.1 Å². The molecule has 2 rings (SSSR count). The van der Waals surface area contributed by atoms with Crippen molar-refractivity contribution in [3.63, 3.8) is 0 Å². The summed E-state index contributed by atoms with van der Waals surface area (Å²) in [6.45, 7) is 2.23. The topological polar surface area (TPSA) is 72.2 Å². The number of rotatable bonds is 4. The number of nitrogens with one attached hydrogen (secondary N) is 1. The molecule has 1 aromatic heterocycles. The summed E-state index contributed by atoms with van der Waals surface area (Å²) < 4.78 is 26.7. The predicted molar refractivity (Wildman–Crippen MR) is 65.0 cm³/mol. The van der Waals surface area contributed by atoms with Crippen molar-refractivity contribution in [2.24, 2.45) is 5.73 Å². The number of hydrogen-bond acceptors (Lipinski definition) is 4. The molecule has 1 aromatic rings. The maximum Gasteiger partial charge on any atom is 0.250 e. The Balaban J connectivity index is 2.03. The summed E-state index contributed by atoms with van der Waals surface area (Å²) in [5, 5.41) is 0.